The Morgan fingerprint density at radius 1 is 1.50 bits per heavy atom. The van der Waals surface area contributed by atoms with Gasteiger partial charge in [-0.05, 0) is 19.9 Å². The quantitative estimate of drug-likeness (QED) is 0.756. The van der Waals surface area contributed by atoms with Gasteiger partial charge in [-0.25, -0.2) is 0 Å². The first-order valence-corrected chi connectivity index (χ1v) is 5.88. The highest BCUT2D eigenvalue weighted by molar-refractivity contribution is 5.80. The summed E-state index contributed by atoms with van der Waals surface area (Å²) in [7, 11) is 0. The molecule has 0 bridgehead atoms. The Labute approximate surface area is 107 Å². The van der Waals surface area contributed by atoms with E-state index in [0.29, 0.717) is 17.9 Å². The molecule has 98 valence electrons. The van der Waals surface area contributed by atoms with Crippen molar-refractivity contribution in [3.63, 3.8) is 0 Å². The van der Waals surface area contributed by atoms with E-state index >= 15 is 0 Å². The van der Waals surface area contributed by atoms with Crippen LogP contribution in [0.2, 0.25) is 0 Å². The molecular weight excluding hydrogens is 230 g/mol. The number of ether oxygens (including phenoxy) is 1. The second kappa shape index (κ2) is 6.81. The number of rotatable bonds is 6. The normalized spacial score (nSPS) is 13.5. The van der Waals surface area contributed by atoms with E-state index < -0.39 is 12.2 Å². The van der Waals surface area contributed by atoms with Crippen molar-refractivity contribution in [3.8, 4) is 5.75 Å². The topological polar surface area (TPSA) is 58.6 Å². The van der Waals surface area contributed by atoms with Crippen molar-refractivity contribution < 1.29 is 14.6 Å². The molecule has 0 aliphatic carbocycles. The lowest BCUT2D eigenvalue weighted by molar-refractivity contribution is -0.127. The van der Waals surface area contributed by atoms with Gasteiger partial charge in [0.2, 0.25) is 0 Å². The molecule has 0 saturated heterocycles. The monoisotopic (exact) mass is 249 g/mol. The van der Waals surface area contributed by atoms with Crippen LogP contribution < -0.4 is 10.1 Å². The van der Waals surface area contributed by atoms with E-state index in [1.807, 2.05) is 6.07 Å². The summed E-state index contributed by atoms with van der Waals surface area (Å²) in [6.45, 7) is 7.25. The van der Waals surface area contributed by atoms with E-state index in [0.717, 1.165) is 0 Å². The number of para-hydroxylation sites is 1. The molecule has 0 aliphatic rings. The van der Waals surface area contributed by atoms with Gasteiger partial charge in [-0.3, -0.25) is 4.79 Å². The predicted molar refractivity (Wildman–Crippen MR) is 70.4 cm³/mol. The second-order valence-electron chi connectivity index (χ2n) is 4.01. The highest BCUT2D eigenvalue weighted by Crippen LogP contribution is 2.25. The molecule has 1 rings (SSSR count). The maximum absolute atomic E-state index is 11.6. The molecule has 2 atom stereocenters. The number of amides is 1. The van der Waals surface area contributed by atoms with Crippen LogP contribution in [0, 0.1) is 0 Å². The number of carbonyl (C=O) groups excluding carboxylic acids is 1. The Morgan fingerprint density at radius 3 is 2.78 bits per heavy atom. The molecule has 1 aromatic rings. The van der Waals surface area contributed by atoms with Gasteiger partial charge in [0.05, 0.1) is 6.10 Å². The molecule has 0 heterocycles. The molecule has 4 nitrogen and oxygen atoms in total. The first-order chi connectivity index (χ1) is 8.56. The summed E-state index contributed by atoms with van der Waals surface area (Å²) in [4.78, 5) is 11.6. The zero-order valence-corrected chi connectivity index (χ0v) is 10.7. The summed E-state index contributed by atoms with van der Waals surface area (Å²) >= 11 is 0. The van der Waals surface area contributed by atoms with Crippen LogP contribution in [-0.4, -0.2) is 23.7 Å². The van der Waals surface area contributed by atoms with Crippen LogP contribution in [0.5, 0.6) is 5.75 Å². The minimum absolute atomic E-state index is 0.213. The number of aliphatic hydroxyl groups excluding tert-OH is 1. The third-order valence-corrected chi connectivity index (χ3v) is 2.46. The molecule has 18 heavy (non-hydrogen) atoms. The van der Waals surface area contributed by atoms with Gasteiger partial charge in [-0.1, -0.05) is 24.3 Å². The maximum atomic E-state index is 11.6. The third-order valence-electron chi connectivity index (χ3n) is 2.46. The van der Waals surface area contributed by atoms with Crippen LogP contribution in [0.15, 0.2) is 36.9 Å². The molecule has 0 fully saturated rings. The van der Waals surface area contributed by atoms with Crippen molar-refractivity contribution in [1.29, 1.82) is 0 Å². The molecule has 1 amide bonds. The van der Waals surface area contributed by atoms with Gasteiger partial charge < -0.3 is 15.2 Å². The Bertz CT molecular complexity index is 415. The van der Waals surface area contributed by atoms with Gasteiger partial charge in [0.1, 0.15) is 5.75 Å². The van der Waals surface area contributed by atoms with Crippen molar-refractivity contribution >= 4 is 5.91 Å². The number of carbonyl (C=O) groups is 1. The Kier molecular flexibility index (Phi) is 5.39. The molecule has 1 aromatic carbocycles. The summed E-state index contributed by atoms with van der Waals surface area (Å²) < 4.78 is 5.56. The number of aliphatic hydroxyl groups is 1. The molecule has 0 aromatic heterocycles. The van der Waals surface area contributed by atoms with Gasteiger partial charge in [-0.15, -0.1) is 6.58 Å². The molecule has 0 aliphatic heterocycles. The Balaban J connectivity index is 2.72. The summed E-state index contributed by atoms with van der Waals surface area (Å²) in [5, 5.41) is 12.3. The predicted octanol–water partition coefficient (Wildman–Crippen LogP) is 1.81. The maximum Gasteiger partial charge on any atom is 0.261 e. The summed E-state index contributed by atoms with van der Waals surface area (Å²) in [5.74, 6) is 0.309. The summed E-state index contributed by atoms with van der Waals surface area (Å²) in [6, 6.07) is 7.13. The van der Waals surface area contributed by atoms with Crippen molar-refractivity contribution in [2.75, 3.05) is 6.54 Å². The lowest BCUT2D eigenvalue weighted by Gasteiger charge is -2.17. The van der Waals surface area contributed by atoms with E-state index in [2.05, 4.69) is 11.9 Å². The molecule has 1 unspecified atom stereocenters. The van der Waals surface area contributed by atoms with E-state index in [1.165, 1.54) is 0 Å². The smallest absolute Gasteiger partial charge is 0.261 e. The van der Waals surface area contributed by atoms with Gasteiger partial charge in [0, 0.05) is 12.1 Å². The summed E-state index contributed by atoms with van der Waals surface area (Å²) in [5.41, 5.74) is 0.667. The highest BCUT2D eigenvalue weighted by Gasteiger charge is 2.16. The highest BCUT2D eigenvalue weighted by atomic mass is 16.5. The van der Waals surface area contributed by atoms with Crippen molar-refractivity contribution in [2.45, 2.75) is 26.1 Å². The fourth-order valence-corrected chi connectivity index (χ4v) is 1.49. The Morgan fingerprint density at radius 2 is 2.17 bits per heavy atom. The largest absolute Gasteiger partial charge is 0.481 e. The van der Waals surface area contributed by atoms with E-state index in [4.69, 9.17) is 4.74 Å². The number of benzene rings is 1. The average Bonchev–Trinajstić information content (AvgIpc) is 2.36. The van der Waals surface area contributed by atoms with Crippen LogP contribution in [0.1, 0.15) is 25.5 Å². The standard InChI is InChI=1S/C14H19NO3/c1-4-9-15-14(17)11(3)18-13-8-6-5-7-12(13)10(2)16/h4-8,10-11,16H,1,9H2,2-3H3,(H,15,17)/t10-,11?/m1/s1. The van der Waals surface area contributed by atoms with Crippen LogP contribution in [0.25, 0.3) is 0 Å². The lowest BCUT2D eigenvalue weighted by atomic mass is 10.1. The van der Waals surface area contributed by atoms with Crippen LogP contribution >= 0.6 is 0 Å². The van der Waals surface area contributed by atoms with Crippen molar-refractivity contribution in [3.05, 3.63) is 42.5 Å². The van der Waals surface area contributed by atoms with E-state index in [1.54, 1.807) is 38.1 Å². The number of hydrogen-bond acceptors (Lipinski definition) is 3. The van der Waals surface area contributed by atoms with Gasteiger partial charge in [0.15, 0.2) is 6.10 Å². The minimum atomic E-state index is -0.635. The second-order valence-corrected chi connectivity index (χ2v) is 4.01. The minimum Gasteiger partial charge on any atom is -0.481 e. The van der Waals surface area contributed by atoms with Crippen LogP contribution in [0.3, 0.4) is 0 Å². The third kappa shape index (κ3) is 3.89. The molecule has 0 radical (unpaired) electrons. The van der Waals surface area contributed by atoms with Gasteiger partial charge >= 0.3 is 0 Å². The SMILES string of the molecule is C=CCNC(=O)C(C)Oc1ccccc1[C@@H](C)O. The lowest BCUT2D eigenvalue weighted by Crippen LogP contribution is -2.36. The number of hydrogen-bond donors (Lipinski definition) is 2. The van der Waals surface area contributed by atoms with Crippen molar-refractivity contribution in [1.82, 2.24) is 5.32 Å². The molecular formula is C14H19NO3. The van der Waals surface area contributed by atoms with Gasteiger partial charge in [0.25, 0.3) is 5.91 Å². The van der Waals surface area contributed by atoms with E-state index in [-0.39, 0.29) is 5.91 Å². The average molecular weight is 249 g/mol. The summed E-state index contributed by atoms with van der Waals surface area (Å²) in [6.07, 6.45) is 0.350. The van der Waals surface area contributed by atoms with Crippen LogP contribution in [0.4, 0.5) is 0 Å². The Hall–Kier alpha value is -1.81. The van der Waals surface area contributed by atoms with Crippen molar-refractivity contribution in [2.24, 2.45) is 0 Å². The number of nitrogens with one attached hydrogen (secondary N) is 1. The first-order valence-electron chi connectivity index (χ1n) is 5.88. The fraction of sp³-hybridized carbons (Fsp3) is 0.357. The molecule has 4 heteroatoms. The molecule has 0 saturated carbocycles. The van der Waals surface area contributed by atoms with E-state index in [9.17, 15) is 9.90 Å². The molecule has 2 N–H and O–H groups in total. The fourth-order valence-electron chi connectivity index (χ4n) is 1.49. The first kappa shape index (κ1) is 14.3. The zero-order valence-electron chi connectivity index (χ0n) is 10.7. The zero-order chi connectivity index (χ0) is 13.5. The van der Waals surface area contributed by atoms with Gasteiger partial charge in [-0.2, -0.15) is 0 Å². The molecule has 0 spiro atoms. The van der Waals surface area contributed by atoms with Crippen LogP contribution in [-0.2, 0) is 4.79 Å².